The van der Waals surface area contributed by atoms with E-state index in [1.807, 2.05) is 30.3 Å². The van der Waals surface area contributed by atoms with Gasteiger partial charge in [-0.2, -0.15) is 0 Å². The Morgan fingerprint density at radius 3 is 2.54 bits per heavy atom. The molecule has 5 heteroatoms. The highest BCUT2D eigenvalue weighted by Crippen LogP contribution is 2.24. The highest BCUT2D eigenvalue weighted by atomic mass is 35.5. The lowest BCUT2D eigenvalue weighted by atomic mass is 10.1. The molecule has 0 radical (unpaired) electrons. The Kier molecular flexibility index (Phi) is 5.16. The van der Waals surface area contributed by atoms with Gasteiger partial charge >= 0.3 is 0 Å². The van der Waals surface area contributed by atoms with E-state index in [9.17, 15) is 0 Å². The summed E-state index contributed by atoms with van der Waals surface area (Å²) in [7, 11) is 0. The lowest BCUT2D eigenvalue weighted by Gasteiger charge is -2.13. The second-order valence-corrected chi connectivity index (χ2v) is 7.38. The smallest absolute Gasteiger partial charge is 0.250 e. The van der Waals surface area contributed by atoms with Gasteiger partial charge in [0.25, 0.3) is 5.89 Å². The van der Waals surface area contributed by atoms with E-state index in [-0.39, 0.29) is 6.04 Å². The van der Waals surface area contributed by atoms with Crippen molar-refractivity contribution in [1.82, 2.24) is 4.98 Å². The van der Waals surface area contributed by atoms with Crippen LogP contribution in [0.15, 0.2) is 82.7 Å². The zero-order chi connectivity index (χ0) is 17.8. The van der Waals surface area contributed by atoms with Crippen LogP contribution in [0.3, 0.4) is 0 Å². The molecule has 0 aliphatic heterocycles. The summed E-state index contributed by atoms with van der Waals surface area (Å²) >= 11 is 7.72. The zero-order valence-electron chi connectivity index (χ0n) is 14.0. The van der Waals surface area contributed by atoms with Crippen LogP contribution < -0.4 is 5.32 Å². The Bertz CT molecular complexity index is 949. The summed E-state index contributed by atoms with van der Waals surface area (Å²) in [6.45, 7) is 0.672. The monoisotopic (exact) mass is 381 g/mol. The first-order chi connectivity index (χ1) is 12.8. The molecule has 2 aromatic heterocycles. The summed E-state index contributed by atoms with van der Waals surface area (Å²) in [5.74, 6) is 1.48. The van der Waals surface area contributed by atoms with E-state index >= 15 is 0 Å². The minimum Gasteiger partial charge on any atom is -0.435 e. The maximum atomic E-state index is 5.95. The summed E-state index contributed by atoms with van der Waals surface area (Å²) in [6.07, 6.45) is 1.77. The molecule has 0 aliphatic rings. The van der Waals surface area contributed by atoms with Gasteiger partial charge in [0.05, 0.1) is 11.1 Å². The van der Waals surface area contributed by atoms with Crippen molar-refractivity contribution in [2.45, 2.75) is 12.6 Å². The SMILES string of the molecule is Clc1ccc(-c2cnc(C[NH2+][C@H](c3ccccc3)c3cccs3)o2)cc1. The molecular weight excluding hydrogens is 364 g/mol. The second kappa shape index (κ2) is 7.87. The van der Waals surface area contributed by atoms with Gasteiger partial charge in [-0.1, -0.05) is 48.0 Å². The maximum absolute atomic E-state index is 5.95. The average molecular weight is 382 g/mol. The van der Waals surface area contributed by atoms with Crippen LogP contribution in [0.4, 0.5) is 0 Å². The first kappa shape index (κ1) is 17.0. The second-order valence-electron chi connectivity index (χ2n) is 5.97. The van der Waals surface area contributed by atoms with E-state index in [1.54, 1.807) is 17.5 Å². The number of rotatable bonds is 6. The standard InChI is InChI=1S/C21H17ClN2OS/c22-17-10-8-15(9-11-17)18-13-23-20(25-18)14-24-21(19-7-4-12-26-19)16-5-2-1-3-6-16/h1-13,21,24H,14H2/p+1/t21-/m1/s1. The summed E-state index contributed by atoms with van der Waals surface area (Å²) < 4.78 is 5.93. The van der Waals surface area contributed by atoms with Crippen LogP contribution in [0.1, 0.15) is 22.4 Å². The van der Waals surface area contributed by atoms with Crippen molar-refractivity contribution in [3.8, 4) is 11.3 Å². The normalized spacial score (nSPS) is 12.2. The van der Waals surface area contributed by atoms with E-state index in [2.05, 4.69) is 52.1 Å². The molecule has 2 N–H and O–H groups in total. The molecule has 0 amide bonds. The van der Waals surface area contributed by atoms with E-state index in [4.69, 9.17) is 16.0 Å². The van der Waals surface area contributed by atoms with Gasteiger partial charge in [0.15, 0.2) is 12.3 Å². The molecule has 4 rings (SSSR count). The fourth-order valence-corrected chi connectivity index (χ4v) is 3.89. The summed E-state index contributed by atoms with van der Waals surface area (Å²) in [5.41, 5.74) is 2.26. The first-order valence-corrected chi connectivity index (χ1v) is 9.68. The predicted octanol–water partition coefficient (Wildman–Crippen LogP) is 4.91. The van der Waals surface area contributed by atoms with Crippen LogP contribution in [-0.2, 0) is 6.54 Å². The quantitative estimate of drug-likeness (QED) is 0.515. The number of benzene rings is 2. The van der Waals surface area contributed by atoms with Crippen molar-refractivity contribution < 1.29 is 9.73 Å². The number of aromatic nitrogens is 1. The highest BCUT2D eigenvalue weighted by molar-refractivity contribution is 7.10. The van der Waals surface area contributed by atoms with Gasteiger partial charge in [-0.3, -0.25) is 0 Å². The van der Waals surface area contributed by atoms with Crippen LogP contribution in [-0.4, -0.2) is 4.98 Å². The van der Waals surface area contributed by atoms with Gasteiger partial charge in [-0.05, 0) is 35.7 Å². The zero-order valence-corrected chi connectivity index (χ0v) is 15.6. The van der Waals surface area contributed by atoms with Crippen molar-refractivity contribution in [3.05, 3.63) is 99.7 Å². The fraction of sp³-hybridized carbons (Fsp3) is 0.0952. The molecule has 26 heavy (non-hydrogen) atoms. The molecule has 4 aromatic rings. The molecule has 0 bridgehead atoms. The lowest BCUT2D eigenvalue weighted by molar-refractivity contribution is -0.703. The molecule has 0 saturated carbocycles. The molecule has 2 aromatic carbocycles. The number of hydrogen-bond donors (Lipinski definition) is 1. The largest absolute Gasteiger partial charge is 0.435 e. The van der Waals surface area contributed by atoms with Gasteiger partial charge in [-0.25, -0.2) is 4.98 Å². The van der Waals surface area contributed by atoms with Crippen molar-refractivity contribution in [1.29, 1.82) is 0 Å². The fourth-order valence-electron chi connectivity index (χ4n) is 2.92. The Hall–Kier alpha value is -2.40. The third kappa shape index (κ3) is 3.88. The van der Waals surface area contributed by atoms with Crippen molar-refractivity contribution >= 4 is 22.9 Å². The molecule has 0 unspecified atom stereocenters. The van der Waals surface area contributed by atoms with Crippen LogP contribution in [0.5, 0.6) is 0 Å². The Labute approximate surface area is 161 Å². The Morgan fingerprint density at radius 1 is 1.00 bits per heavy atom. The molecule has 0 saturated heterocycles. The highest BCUT2D eigenvalue weighted by Gasteiger charge is 2.19. The number of thiophene rings is 1. The van der Waals surface area contributed by atoms with Gasteiger partial charge in [0.1, 0.15) is 6.04 Å². The van der Waals surface area contributed by atoms with Gasteiger partial charge in [-0.15, -0.1) is 11.3 Å². The molecule has 0 spiro atoms. The van der Waals surface area contributed by atoms with E-state index in [0.717, 1.165) is 11.3 Å². The summed E-state index contributed by atoms with van der Waals surface area (Å²) in [4.78, 5) is 5.75. The molecule has 130 valence electrons. The van der Waals surface area contributed by atoms with Crippen LogP contribution >= 0.6 is 22.9 Å². The van der Waals surface area contributed by atoms with Crippen molar-refractivity contribution in [3.63, 3.8) is 0 Å². The number of quaternary nitrogens is 1. The number of nitrogens with two attached hydrogens (primary N) is 1. The number of oxazole rings is 1. The maximum Gasteiger partial charge on any atom is 0.250 e. The molecule has 0 fully saturated rings. The van der Waals surface area contributed by atoms with Crippen molar-refractivity contribution in [2.24, 2.45) is 0 Å². The first-order valence-electron chi connectivity index (χ1n) is 8.42. The average Bonchev–Trinajstić information content (AvgIpc) is 3.36. The van der Waals surface area contributed by atoms with E-state index in [1.165, 1.54) is 10.4 Å². The van der Waals surface area contributed by atoms with Crippen LogP contribution in [0, 0.1) is 0 Å². The van der Waals surface area contributed by atoms with Gasteiger partial charge < -0.3 is 9.73 Å². The minimum absolute atomic E-state index is 0.238. The topological polar surface area (TPSA) is 42.6 Å². The number of halogens is 1. The molecule has 2 heterocycles. The summed E-state index contributed by atoms with van der Waals surface area (Å²) in [5, 5.41) is 5.09. The van der Waals surface area contributed by atoms with Gasteiger partial charge in [0, 0.05) is 16.1 Å². The third-order valence-electron chi connectivity index (χ3n) is 4.22. The predicted molar refractivity (Wildman–Crippen MR) is 105 cm³/mol. The van der Waals surface area contributed by atoms with E-state index in [0.29, 0.717) is 17.5 Å². The third-order valence-corrected chi connectivity index (χ3v) is 5.43. The molecule has 0 aliphatic carbocycles. The minimum atomic E-state index is 0.238. The number of nitrogens with zero attached hydrogens (tertiary/aromatic N) is 1. The van der Waals surface area contributed by atoms with Gasteiger partial charge in [0.2, 0.25) is 0 Å². The Balaban J connectivity index is 1.51. The van der Waals surface area contributed by atoms with E-state index < -0.39 is 0 Å². The van der Waals surface area contributed by atoms with Crippen LogP contribution in [0.2, 0.25) is 5.02 Å². The lowest BCUT2D eigenvalue weighted by Crippen LogP contribution is -2.83. The Morgan fingerprint density at radius 2 is 1.81 bits per heavy atom. The molecule has 3 nitrogen and oxygen atoms in total. The molecular formula is C21H18ClN2OS+. The molecule has 1 atom stereocenters. The number of hydrogen-bond acceptors (Lipinski definition) is 3. The summed E-state index contributed by atoms with van der Waals surface area (Å²) in [6, 6.07) is 22.6. The van der Waals surface area contributed by atoms with Crippen LogP contribution in [0.25, 0.3) is 11.3 Å². The van der Waals surface area contributed by atoms with Crippen molar-refractivity contribution in [2.75, 3.05) is 0 Å².